The molecule has 3 aromatic rings. The van der Waals surface area contributed by atoms with Crippen molar-refractivity contribution >= 4 is 76.9 Å². The van der Waals surface area contributed by atoms with E-state index in [0.29, 0.717) is 11.1 Å². The van der Waals surface area contributed by atoms with Gasteiger partial charge in [-0.2, -0.15) is 0 Å². The van der Waals surface area contributed by atoms with Crippen LogP contribution in [0.3, 0.4) is 0 Å². The Morgan fingerprint density at radius 1 is 0.459 bits per heavy atom. The molecule has 3 rings (SSSR count). The number of rotatable bonds is 36. The van der Waals surface area contributed by atoms with E-state index >= 15 is 0 Å². The maximum atomic E-state index is 14.2. The summed E-state index contributed by atoms with van der Waals surface area (Å²) < 4.78 is 0. The molecule has 0 unspecified atom stereocenters. The zero-order valence-corrected chi connectivity index (χ0v) is 45.7. The first kappa shape index (κ1) is 69.5. The minimum Gasteiger partial charge on any atom is -0.508 e. The van der Waals surface area contributed by atoms with Crippen molar-refractivity contribution in [3.05, 3.63) is 95.6 Å². The monoisotopic (exact) mass is 1190 g/mol. The Labute approximate surface area is 484 Å². The number of nitrogens with one attached hydrogen (secondary N) is 9. The second kappa shape index (κ2) is 34.6. The summed E-state index contributed by atoms with van der Waals surface area (Å²) >= 11 is 0. The average Bonchev–Trinajstić information content (AvgIpc) is 3.66. The minimum absolute atomic E-state index is 0.113. The molecule has 85 heavy (non-hydrogen) atoms. The molecule has 0 aromatic heterocycles. The van der Waals surface area contributed by atoms with Crippen molar-refractivity contribution in [2.24, 2.45) is 17.2 Å². The molecule has 0 heterocycles. The first-order chi connectivity index (χ1) is 40.1. The van der Waals surface area contributed by atoms with Crippen molar-refractivity contribution in [1.82, 2.24) is 47.9 Å². The van der Waals surface area contributed by atoms with Gasteiger partial charge in [0.1, 0.15) is 65.9 Å². The number of carbonyl (C=O) groups excluding carboxylic acids is 11. The summed E-state index contributed by atoms with van der Waals surface area (Å²) in [5, 5.41) is 89.1. The van der Waals surface area contributed by atoms with E-state index in [1.165, 1.54) is 48.5 Å². The highest BCUT2D eigenvalue weighted by Gasteiger charge is 2.36. The third-order valence-electron chi connectivity index (χ3n) is 12.4. The molecule has 0 bridgehead atoms. The van der Waals surface area contributed by atoms with Crippen molar-refractivity contribution in [3.8, 4) is 11.5 Å². The molecule has 0 saturated heterocycles. The lowest BCUT2D eigenvalue weighted by molar-refractivity contribution is -0.142. The molecule has 32 nitrogen and oxygen atoms in total. The molecule has 22 N–H and O–H groups in total. The number of phenols is 2. The van der Waals surface area contributed by atoms with Crippen molar-refractivity contribution in [3.63, 3.8) is 0 Å². The normalized spacial score (nSPS) is 14.4. The molecule has 0 fully saturated rings. The summed E-state index contributed by atoms with van der Waals surface area (Å²) in [5.74, 6) is -16.1. The highest BCUT2D eigenvalue weighted by molar-refractivity contribution is 5.99. The number of aliphatic hydroxyl groups is 3. The number of nitrogens with two attached hydrogens (primary N) is 3. The Morgan fingerprint density at radius 3 is 1.32 bits per heavy atom. The van der Waals surface area contributed by atoms with Crippen molar-refractivity contribution in [2.45, 2.75) is 119 Å². The number of benzene rings is 3. The molecule has 462 valence electrons. The maximum Gasteiger partial charge on any atom is 0.326 e. The second-order valence-electron chi connectivity index (χ2n) is 19.3. The van der Waals surface area contributed by atoms with Crippen LogP contribution in [0.5, 0.6) is 11.5 Å². The Hall–Kier alpha value is -9.79. The minimum atomic E-state index is -2.02. The number of carboxylic acids is 2. The molecular weight excluding hydrogens is 1120 g/mol. The largest absolute Gasteiger partial charge is 0.508 e. The smallest absolute Gasteiger partial charge is 0.326 e. The molecule has 0 spiro atoms. The molecule has 0 aliphatic rings. The van der Waals surface area contributed by atoms with E-state index in [-0.39, 0.29) is 29.9 Å². The van der Waals surface area contributed by atoms with Gasteiger partial charge in [0.2, 0.25) is 65.0 Å². The number of carbonyl (C=O) groups is 13. The van der Waals surface area contributed by atoms with Crippen molar-refractivity contribution in [1.29, 1.82) is 0 Å². The Morgan fingerprint density at radius 2 is 0.871 bits per heavy atom. The number of aliphatic carboxylic acids is 2. The number of hydrogen-bond donors (Lipinski definition) is 19. The summed E-state index contributed by atoms with van der Waals surface area (Å²) in [6, 6.07) is 2.95. The van der Waals surface area contributed by atoms with Gasteiger partial charge in [0.25, 0.3) is 0 Å². The molecule has 11 amide bonds. The summed E-state index contributed by atoms with van der Waals surface area (Å²) in [5.41, 5.74) is 17.5. The van der Waals surface area contributed by atoms with Crippen LogP contribution in [0.25, 0.3) is 0 Å². The first-order valence-corrected chi connectivity index (χ1v) is 26.1. The number of primary amides is 2. The van der Waals surface area contributed by atoms with E-state index in [9.17, 15) is 98.1 Å². The fourth-order valence-corrected chi connectivity index (χ4v) is 7.81. The quantitative estimate of drug-likeness (QED) is 0.0257. The number of hydrogen-bond acceptors (Lipinski definition) is 19. The summed E-state index contributed by atoms with van der Waals surface area (Å²) in [6.45, 7) is -1.79. The lowest BCUT2D eigenvalue weighted by Crippen LogP contribution is -2.61. The maximum absolute atomic E-state index is 14.2. The SMILES string of the molecule is C[C@@H](O)[C@H](NC(=O)CNC(=O)[C@H](CO)NC(=O)[C@H](Cc1ccc(O)cc1)NC(=O)[C@@H](N)CO)C(=O)N[C@@H](Cc1ccc(O)cc1)C(=O)N[C@@H](CC(N)=O)C(=O)N[C@@H](CCC(=O)O)C(=O)N[C@@H](CCC(N)=O)C(=O)N[C@@H](Cc1ccccc1)C(=O)O. The summed E-state index contributed by atoms with van der Waals surface area (Å²) in [6.07, 6.45) is -6.28. The highest BCUT2D eigenvalue weighted by atomic mass is 16.4. The van der Waals surface area contributed by atoms with Crippen LogP contribution in [0.1, 0.15) is 55.7 Å². The zero-order chi connectivity index (χ0) is 63.5. The predicted octanol–water partition coefficient (Wildman–Crippen LogP) is -7.10. The summed E-state index contributed by atoms with van der Waals surface area (Å²) in [7, 11) is 0. The first-order valence-electron chi connectivity index (χ1n) is 26.1. The number of aromatic hydroxyl groups is 2. The molecule has 3 aromatic carbocycles. The number of aliphatic hydroxyl groups excluding tert-OH is 3. The van der Waals surface area contributed by atoms with E-state index in [1.54, 1.807) is 30.3 Å². The molecule has 0 aliphatic carbocycles. The zero-order valence-electron chi connectivity index (χ0n) is 45.7. The lowest BCUT2D eigenvalue weighted by Gasteiger charge is -2.27. The third kappa shape index (κ3) is 24.7. The average molecular weight is 1200 g/mol. The topological polar surface area (TPSA) is 550 Å². The Bertz CT molecular complexity index is 2840. The van der Waals surface area contributed by atoms with Gasteiger partial charge in [-0.25, -0.2) is 4.79 Å². The molecular formula is C53H70N12O20. The number of carboxylic acid groups (broad SMARTS) is 2. The second-order valence-corrected chi connectivity index (χ2v) is 19.3. The Kier molecular flexibility index (Phi) is 28.3. The van der Waals surface area contributed by atoms with Crippen LogP contribution in [0.4, 0.5) is 0 Å². The fraction of sp³-hybridized carbons (Fsp3) is 0.415. The Balaban J connectivity index is 1.83. The standard InChI is InChI=1S/C53H70N12O20/c1-26(68)44(65-42(73)23-57-46(77)39(25-67)64-50(81)35(60-45(76)32(54)24-66)19-28-7-11-30(69)12-8-28)52(83)62-36(20-29-9-13-31(70)14-10-29)49(80)61-37(22-41(56)72)51(82)59-34(16-18-43(74)75)47(78)58-33(15-17-40(55)71)48(79)63-38(53(84)85)21-27-5-3-2-4-6-27/h2-14,26,32-39,44,66-70H,15-25,54H2,1H3,(H2,55,71)(H2,56,72)(H,57,77)(H,58,78)(H,59,82)(H,60,76)(H,61,80)(H,62,83)(H,63,79)(H,64,81)(H,65,73)(H,74,75)(H,84,85)/t26-,32+,33+,34+,35+,36+,37+,38+,39+,44+/m1/s1. The van der Waals surface area contributed by atoms with Gasteiger partial charge in [-0.15, -0.1) is 0 Å². The van der Waals surface area contributed by atoms with Crippen LogP contribution in [-0.2, 0) is 81.6 Å². The van der Waals surface area contributed by atoms with Gasteiger partial charge in [-0.05, 0) is 60.7 Å². The van der Waals surface area contributed by atoms with Gasteiger partial charge in [-0.1, -0.05) is 54.6 Å². The predicted molar refractivity (Wildman–Crippen MR) is 293 cm³/mol. The van der Waals surface area contributed by atoms with Gasteiger partial charge in [0.15, 0.2) is 0 Å². The van der Waals surface area contributed by atoms with Gasteiger partial charge in [0.05, 0.1) is 32.3 Å². The van der Waals surface area contributed by atoms with Crippen LogP contribution >= 0.6 is 0 Å². The van der Waals surface area contributed by atoms with Crippen molar-refractivity contribution in [2.75, 3.05) is 19.8 Å². The molecule has 10 atom stereocenters. The number of amides is 11. The van der Waals surface area contributed by atoms with Gasteiger partial charge in [-0.3, -0.25) is 57.5 Å². The highest BCUT2D eigenvalue weighted by Crippen LogP contribution is 2.15. The molecule has 0 saturated carbocycles. The van der Waals surface area contributed by atoms with Gasteiger partial charge < -0.3 is 101 Å². The lowest BCUT2D eigenvalue weighted by atomic mass is 10.0. The van der Waals surface area contributed by atoms with E-state index in [2.05, 4.69) is 47.9 Å². The van der Waals surface area contributed by atoms with Crippen molar-refractivity contribution < 1.29 is 98.1 Å². The molecule has 32 heteroatoms. The number of phenolic OH excluding ortho intramolecular Hbond substituents is 2. The van der Waals surface area contributed by atoms with Gasteiger partial charge >= 0.3 is 11.9 Å². The third-order valence-corrected chi connectivity index (χ3v) is 12.4. The van der Waals surface area contributed by atoms with Crippen LogP contribution < -0.4 is 65.1 Å². The molecule has 0 aliphatic heterocycles. The molecule has 0 radical (unpaired) electrons. The van der Waals surface area contributed by atoms with E-state index < -0.39 is 196 Å². The van der Waals surface area contributed by atoms with Crippen LogP contribution in [0, 0.1) is 0 Å². The van der Waals surface area contributed by atoms with Crippen LogP contribution in [0.2, 0.25) is 0 Å². The van der Waals surface area contributed by atoms with E-state index in [1.807, 2.05) is 0 Å². The van der Waals surface area contributed by atoms with Gasteiger partial charge in [0, 0.05) is 32.1 Å². The fourth-order valence-electron chi connectivity index (χ4n) is 7.81. The van der Waals surface area contributed by atoms with E-state index in [4.69, 9.17) is 17.2 Å². The van der Waals surface area contributed by atoms with Crippen LogP contribution in [-0.4, -0.2) is 193 Å². The summed E-state index contributed by atoms with van der Waals surface area (Å²) in [4.78, 5) is 170. The van der Waals surface area contributed by atoms with Crippen LogP contribution in [0.15, 0.2) is 78.9 Å². The van der Waals surface area contributed by atoms with E-state index in [0.717, 1.165) is 6.92 Å².